The molecule has 1 aliphatic rings. The van der Waals surface area contributed by atoms with Gasteiger partial charge in [0.1, 0.15) is 11.6 Å². The van der Waals surface area contributed by atoms with E-state index >= 15 is 0 Å². The number of benzene rings is 1. The Balaban J connectivity index is 1.50. The van der Waals surface area contributed by atoms with Crippen LogP contribution in [0.1, 0.15) is 25.0 Å². The molecule has 1 N–H and O–H groups in total. The highest BCUT2D eigenvalue weighted by molar-refractivity contribution is 5.56. The first kappa shape index (κ1) is 14.8. The lowest BCUT2D eigenvalue weighted by molar-refractivity contribution is 0.439. The van der Waals surface area contributed by atoms with E-state index in [1.54, 1.807) is 6.20 Å². The fraction of sp³-hybridized carbons (Fsp3) is 0.333. The third kappa shape index (κ3) is 2.99. The van der Waals surface area contributed by atoms with Crippen molar-refractivity contribution in [2.24, 2.45) is 0 Å². The molecule has 0 amide bonds. The van der Waals surface area contributed by atoms with Crippen LogP contribution in [0.15, 0.2) is 42.6 Å². The standard InChI is InChI=1S/C18H20N6/c1-2-15-21-17-9-8-14(12-24(17)23-15)20-16-10-11-19-18(22-16)13-6-4-3-5-7-13/h3-7,10-11,14H,2,8-9,12H2,1H3,(H,19,20,22)/t14-/m0/s1. The van der Waals surface area contributed by atoms with E-state index in [4.69, 9.17) is 0 Å². The Morgan fingerprint density at radius 2 is 2.04 bits per heavy atom. The van der Waals surface area contributed by atoms with Gasteiger partial charge in [-0.1, -0.05) is 37.3 Å². The van der Waals surface area contributed by atoms with Crippen LogP contribution in [0.5, 0.6) is 0 Å². The van der Waals surface area contributed by atoms with Gasteiger partial charge in [0.2, 0.25) is 0 Å². The lowest BCUT2D eigenvalue weighted by Gasteiger charge is -2.24. The Labute approximate surface area is 141 Å². The second kappa shape index (κ2) is 6.39. The van der Waals surface area contributed by atoms with Gasteiger partial charge < -0.3 is 5.32 Å². The van der Waals surface area contributed by atoms with E-state index in [1.807, 2.05) is 41.1 Å². The van der Waals surface area contributed by atoms with Crippen molar-refractivity contribution in [3.63, 3.8) is 0 Å². The molecule has 0 radical (unpaired) electrons. The van der Waals surface area contributed by atoms with Gasteiger partial charge in [-0.15, -0.1) is 0 Å². The molecule has 3 aromatic rings. The molecule has 0 aliphatic carbocycles. The molecular weight excluding hydrogens is 300 g/mol. The summed E-state index contributed by atoms with van der Waals surface area (Å²) in [7, 11) is 0. The van der Waals surface area contributed by atoms with Crippen LogP contribution in [0.4, 0.5) is 5.82 Å². The number of fused-ring (bicyclic) bond motifs is 1. The van der Waals surface area contributed by atoms with Crippen LogP contribution in [-0.2, 0) is 19.4 Å². The molecule has 0 saturated carbocycles. The molecule has 6 heteroatoms. The predicted molar refractivity (Wildman–Crippen MR) is 92.6 cm³/mol. The monoisotopic (exact) mass is 320 g/mol. The summed E-state index contributed by atoms with van der Waals surface area (Å²) in [5.41, 5.74) is 1.02. The van der Waals surface area contributed by atoms with Crippen LogP contribution in [0.2, 0.25) is 0 Å². The van der Waals surface area contributed by atoms with Crippen molar-refractivity contribution in [1.82, 2.24) is 24.7 Å². The van der Waals surface area contributed by atoms with Crippen molar-refractivity contribution in [2.45, 2.75) is 38.8 Å². The minimum atomic E-state index is 0.308. The number of hydrogen-bond acceptors (Lipinski definition) is 5. The van der Waals surface area contributed by atoms with E-state index in [2.05, 4.69) is 32.3 Å². The molecule has 6 nitrogen and oxygen atoms in total. The summed E-state index contributed by atoms with van der Waals surface area (Å²) < 4.78 is 2.03. The van der Waals surface area contributed by atoms with Crippen molar-refractivity contribution in [3.05, 3.63) is 54.2 Å². The van der Waals surface area contributed by atoms with Crippen molar-refractivity contribution in [3.8, 4) is 11.4 Å². The number of hydrogen-bond donors (Lipinski definition) is 1. The minimum absolute atomic E-state index is 0.308. The minimum Gasteiger partial charge on any atom is -0.365 e. The van der Waals surface area contributed by atoms with Gasteiger partial charge in [0.05, 0.1) is 6.54 Å². The molecule has 1 aromatic carbocycles. The Hall–Kier alpha value is -2.76. The van der Waals surface area contributed by atoms with Crippen molar-refractivity contribution in [2.75, 3.05) is 5.32 Å². The molecule has 3 heterocycles. The molecule has 0 fully saturated rings. The summed E-state index contributed by atoms with van der Waals surface area (Å²) >= 11 is 0. The van der Waals surface area contributed by atoms with Crippen LogP contribution < -0.4 is 5.32 Å². The molecule has 24 heavy (non-hydrogen) atoms. The van der Waals surface area contributed by atoms with Crippen LogP contribution >= 0.6 is 0 Å². The highest BCUT2D eigenvalue weighted by Crippen LogP contribution is 2.19. The molecular formula is C18H20N6. The Morgan fingerprint density at radius 3 is 2.88 bits per heavy atom. The normalized spacial score (nSPS) is 16.6. The Kier molecular flexibility index (Phi) is 3.94. The van der Waals surface area contributed by atoms with Gasteiger partial charge in [0.15, 0.2) is 11.6 Å². The van der Waals surface area contributed by atoms with Gasteiger partial charge in [-0.25, -0.2) is 19.6 Å². The van der Waals surface area contributed by atoms with Crippen LogP contribution in [-0.4, -0.2) is 30.8 Å². The first-order chi connectivity index (χ1) is 11.8. The molecule has 0 unspecified atom stereocenters. The Bertz CT molecular complexity index is 827. The van der Waals surface area contributed by atoms with Gasteiger partial charge in [-0.05, 0) is 12.5 Å². The zero-order valence-corrected chi connectivity index (χ0v) is 13.7. The highest BCUT2D eigenvalue weighted by atomic mass is 15.4. The van der Waals surface area contributed by atoms with Crippen LogP contribution in [0.3, 0.4) is 0 Å². The second-order valence-electron chi connectivity index (χ2n) is 5.99. The summed E-state index contributed by atoms with van der Waals surface area (Å²) in [4.78, 5) is 13.6. The lowest BCUT2D eigenvalue weighted by Crippen LogP contribution is -2.32. The molecule has 0 spiro atoms. The average molecular weight is 320 g/mol. The maximum atomic E-state index is 4.65. The van der Waals surface area contributed by atoms with E-state index in [0.29, 0.717) is 6.04 Å². The lowest BCUT2D eigenvalue weighted by atomic mass is 10.1. The summed E-state index contributed by atoms with van der Waals surface area (Å²) in [6.07, 6.45) is 4.66. The van der Waals surface area contributed by atoms with Crippen molar-refractivity contribution in [1.29, 1.82) is 0 Å². The third-order valence-electron chi connectivity index (χ3n) is 4.26. The number of anilines is 1. The molecule has 1 aliphatic heterocycles. The quantitative estimate of drug-likeness (QED) is 0.800. The first-order valence-corrected chi connectivity index (χ1v) is 8.39. The fourth-order valence-electron chi connectivity index (χ4n) is 3.00. The van der Waals surface area contributed by atoms with E-state index in [0.717, 1.165) is 54.7 Å². The SMILES string of the molecule is CCc1nc2n(n1)C[C@@H](Nc1ccnc(-c3ccccc3)n1)CC2. The maximum Gasteiger partial charge on any atom is 0.161 e. The zero-order valence-electron chi connectivity index (χ0n) is 13.7. The number of nitrogens with one attached hydrogen (secondary N) is 1. The zero-order chi connectivity index (χ0) is 16.4. The molecule has 2 aromatic heterocycles. The van der Waals surface area contributed by atoms with Crippen LogP contribution in [0.25, 0.3) is 11.4 Å². The van der Waals surface area contributed by atoms with Crippen molar-refractivity contribution >= 4 is 5.82 Å². The van der Waals surface area contributed by atoms with Gasteiger partial charge in [0.25, 0.3) is 0 Å². The molecule has 122 valence electrons. The number of aromatic nitrogens is 5. The van der Waals surface area contributed by atoms with E-state index in [-0.39, 0.29) is 0 Å². The number of aryl methyl sites for hydroxylation is 2. The molecule has 0 saturated heterocycles. The fourth-order valence-corrected chi connectivity index (χ4v) is 3.00. The maximum absolute atomic E-state index is 4.65. The van der Waals surface area contributed by atoms with Gasteiger partial charge in [-0.2, -0.15) is 5.10 Å². The molecule has 0 bridgehead atoms. The second-order valence-corrected chi connectivity index (χ2v) is 5.99. The molecule has 4 rings (SSSR count). The number of rotatable bonds is 4. The predicted octanol–water partition coefficient (Wildman–Crippen LogP) is 2.72. The third-order valence-corrected chi connectivity index (χ3v) is 4.26. The number of nitrogens with zero attached hydrogens (tertiary/aromatic N) is 5. The first-order valence-electron chi connectivity index (χ1n) is 8.39. The summed E-state index contributed by atoms with van der Waals surface area (Å²) in [5.74, 6) is 3.62. The van der Waals surface area contributed by atoms with Crippen LogP contribution in [0, 0.1) is 0 Å². The topological polar surface area (TPSA) is 68.5 Å². The van der Waals surface area contributed by atoms with Gasteiger partial charge in [-0.3, -0.25) is 0 Å². The molecule has 1 atom stereocenters. The van der Waals surface area contributed by atoms with Gasteiger partial charge >= 0.3 is 0 Å². The Morgan fingerprint density at radius 1 is 1.17 bits per heavy atom. The van der Waals surface area contributed by atoms with Gasteiger partial charge in [0, 0.05) is 30.6 Å². The van der Waals surface area contributed by atoms with Crippen molar-refractivity contribution < 1.29 is 0 Å². The summed E-state index contributed by atoms with van der Waals surface area (Å²) in [6, 6.07) is 12.3. The van der Waals surface area contributed by atoms with E-state index in [9.17, 15) is 0 Å². The van der Waals surface area contributed by atoms with E-state index in [1.165, 1.54) is 0 Å². The average Bonchev–Trinajstić information content (AvgIpc) is 3.05. The van der Waals surface area contributed by atoms with E-state index < -0.39 is 0 Å². The smallest absolute Gasteiger partial charge is 0.161 e. The largest absolute Gasteiger partial charge is 0.365 e. The summed E-state index contributed by atoms with van der Waals surface area (Å²) in [5, 5.41) is 8.08. The summed E-state index contributed by atoms with van der Waals surface area (Å²) in [6.45, 7) is 2.91. The highest BCUT2D eigenvalue weighted by Gasteiger charge is 2.21.